The van der Waals surface area contributed by atoms with Crippen molar-refractivity contribution in [3.63, 3.8) is 0 Å². The maximum atomic E-state index is 11.8. The Balaban J connectivity index is 2.37. The average molecular weight is 224 g/mol. The Hall–Kier alpha value is -1.29. The number of rotatable bonds is 3. The fourth-order valence-electron chi connectivity index (χ4n) is 2.36. The number of carbonyl (C=O) groups is 1. The van der Waals surface area contributed by atoms with Crippen LogP contribution in [-0.2, 0) is 14.3 Å². The highest BCUT2D eigenvalue weighted by Crippen LogP contribution is 2.44. The molecule has 0 heterocycles. The number of allylic oxidation sites excluding steroid dienone is 1. The molecule has 0 aromatic rings. The summed E-state index contributed by atoms with van der Waals surface area (Å²) >= 11 is 0. The van der Waals surface area contributed by atoms with Crippen LogP contribution >= 0.6 is 0 Å². The summed E-state index contributed by atoms with van der Waals surface area (Å²) in [6.07, 6.45) is 5.70. The van der Waals surface area contributed by atoms with Gasteiger partial charge < -0.3 is 14.6 Å². The molecule has 0 radical (unpaired) electrons. The first-order valence-electron chi connectivity index (χ1n) is 5.45. The lowest BCUT2D eigenvalue weighted by Crippen LogP contribution is -2.53. The third kappa shape index (κ3) is 1.29. The van der Waals surface area contributed by atoms with Crippen LogP contribution in [-0.4, -0.2) is 30.7 Å². The van der Waals surface area contributed by atoms with Crippen molar-refractivity contribution in [1.29, 1.82) is 0 Å². The van der Waals surface area contributed by atoms with E-state index in [9.17, 15) is 9.90 Å². The summed E-state index contributed by atoms with van der Waals surface area (Å²) in [6.45, 7) is 0. The largest absolute Gasteiger partial charge is 0.493 e. The average Bonchev–Trinajstić information content (AvgIpc) is 2.35. The molecule has 0 spiro atoms. The van der Waals surface area contributed by atoms with Crippen molar-refractivity contribution >= 4 is 5.78 Å². The Morgan fingerprint density at radius 1 is 1.31 bits per heavy atom. The van der Waals surface area contributed by atoms with Gasteiger partial charge in [0.1, 0.15) is 0 Å². The smallest absolute Gasteiger partial charge is 0.244 e. The van der Waals surface area contributed by atoms with Crippen LogP contribution in [0.5, 0.6) is 0 Å². The quantitative estimate of drug-likeness (QED) is 0.734. The zero-order valence-corrected chi connectivity index (χ0v) is 9.58. The molecule has 2 aliphatic rings. The molecule has 1 atom stereocenters. The normalized spacial score (nSPS) is 29.7. The molecule has 1 N–H and O–H groups in total. The van der Waals surface area contributed by atoms with Gasteiger partial charge >= 0.3 is 0 Å². The van der Waals surface area contributed by atoms with Gasteiger partial charge in [0.25, 0.3) is 0 Å². The fourth-order valence-corrected chi connectivity index (χ4v) is 2.36. The van der Waals surface area contributed by atoms with Gasteiger partial charge in [-0.1, -0.05) is 6.08 Å². The maximum Gasteiger partial charge on any atom is 0.244 e. The van der Waals surface area contributed by atoms with Crippen molar-refractivity contribution in [3.8, 4) is 0 Å². The molecule has 2 rings (SSSR count). The Morgan fingerprint density at radius 2 is 2.06 bits per heavy atom. The number of Topliss-reactive ketones (excluding diaryl/α,β-unsaturated/α-hetero) is 1. The molecule has 0 aliphatic heterocycles. The number of hydrogen-bond donors (Lipinski definition) is 1. The second-order valence-corrected chi connectivity index (χ2v) is 4.08. The number of ether oxygens (including phenoxy) is 2. The van der Waals surface area contributed by atoms with Crippen LogP contribution in [0.4, 0.5) is 0 Å². The lowest BCUT2D eigenvalue weighted by atomic mass is 9.73. The number of aliphatic hydroxyl groups is 1. The Bertz CT molecular complexity index is 380. The van der Waals surface area contributed by atoms with Gasteiger partial charge in [0.15, 0.2) is 5.76 Å². The third-order valence-electron chi connectivity index (χ3n) is 3.23. The van der Waals surface area contributed by atoms with Crippen molar-refractivity contribution in [3.05, 3.63) is 23.2 Å². The van der Waals surface area contributed by atoms with Crippen LogP contribution in [0.3, 0.4) is 0 Å². The van der Waals surface area contributed by atoms with Crippen molar-refractivity contribution in [2.24, 2.45) is 0 Å². The Labute approximate surface area is 94.5 Å². The fraction of sp³-hybridized carbons (Fsp3) is 0.583. The lowest BCUT2D eigenvalue weighted by molar-refractivity contribution is -0.141. The van der Waals surface area contributed by atoms with Gasteiger partial charge in [0.05, 0.1) is 14.2 Å². The minimum Gasteiger partial charge on any atom is -0.493 e. The van der Waals surface area contributed by atoms with Gasteiger partial charge in [-0.15, -0.1) is 0 Å². The van der Waals surface area contributed by atoms with Crippen LogP contribution < -0.4 is 0 Å². The number of ketones is 1. The predicted molar refractivity (Wildman–Crippen MR) is 57.6 cm³/mol. The molecule has 2 aliphatic carbocycles. The van der Waals surface area contributed by atoms with Gasteiger partial charge in [0, 0.05) is 0 Å². The Kier molecular flexibility index (Phi) is 2.76. The summed E-state index contributed by atoms with van der Waals surface area (Å²) in [5.74, 6) is -0.00961. The first-order valence-corrected chi connectivity index (χ1v) is 5.45. The molecule has 0 saturated carbocycles. The van der Waals surface area contributed by atoms with Crippen LogP contribution in [0.25, 0.3) is 0 Å². The maximum absolute atomic E-state index is 11.8. The molecule has 0 aromatic carbocycles. The highest BCUT2D eigenvalue weighted by atomic mass is 16.5. The standard InChI is InChI=1S/C12H16O4/c1-15-9-10(13)12(14,11(9)16-2)8-6-4-3-5-7-8/h6,14H,3-5,7H2,1-2H3. The minimum atomic E-state index is -1.56. The van der Waals surface area contributed by atoms with Crippen LogP contribution in [0, 0.1) is 0 Å². The van der Waals surface area contributed by atoms with E-state index in [1.807, 2.05) is 6.08 Å². The van der Waals surface area contributed by atoms with Gasteiger partial charge in [-0.25, -0.2) is 0 Å². The summed E-state index contributed by atoms with van der Waals surface area (Å²) in [4.78, 5) is 11.8. The number of carbonyl (C=O) groups excluding carboxylic acids is 1. The van der Waals surface area contributed by atoms with Crippen LogP contribution in [0.1, 0.15) is 25.7 Å². The zero-order valence-electron chi connectivity index (χ0n) is 9.58. The summed E-state index contributed by atoms with van der Waals surface area (Å²) in [5, 5.41) is 10.4. The molecule has 0 fully saturated rings. The van der Waals surface area contributed by atoms with Gasteiger partial charge in [0.2, 0.25) is 17.1 Å². The second-order valence-electron chi connectivity index (χ2n) is 4.08. The zero-order chi connectivity index (χ0) is 11.8. The number of hydrogen-bond acceptors (Lipinski definition) is 4. The first kappa shape index (κ1) is 11.2. The molecule has 0 bridgehead atoms. The summed E-state index contributed by atoms with van der Waals surface area (Å²) < 4.78 is 9.98. The SMILES string of the molecule is COC1=C(OC)C(O)(C2=CCCCC2)C1=O. The predicted octanol–water partition coefficient (Wildman–Crippen LogP) is 1.31. The monoisotopic (exact) mass is 224 g/mol. The molecule has 88 valence electrons. The summed E-state index contributed by atoms with van der Waals surface area (Å²) in [5.41, 5.74) is -0.804. The van der Waals surface area contributed by atoms with Crippen LogP contribution in [0.15, 0.2) is 23.2 Å². The topological polar surface area (TPSA) is 55.8 Å². The van der Waals surface area contributed by atoms with Crippen molar-refractivity contribution in [2.75, 3.05) is 14.2 Å². The molecule has 4 heteroatoms. The molecule has 16 heavy (non-hydrogen) atoms. The lowest BCUT2D eigenvalue weighted by Gasteiger charge is -2.39. The van der Waals surface area contributed by atoms with E-state index in [-0.39, 0.29) is 17.3 Å². The van der Waals surface area contributed by atoms with E-state index in [4.69, 9.17) is 9.47 Å². The van der Waals surface area contributed by atoms with Crippen molar-refractivity contribution in [2.45, 2.75) is 31.3 Å². The van der Waals surface area contributed by atoms with Crippen molar-refractivity contribution < 1.29 is 19.4 Å². The van der Waals surface area contributed by atoms with E-state index in [1.165, 1.54) is 14.2 Å². The van der Waals surface area contributed by atoms with E-state index in [2.05, 4.69) is 0 Å². The third-order valence-corrected chi connectivity index (χ3v) is 3.23. The first-order chi connectivity index (χ1) is 7.66. The van der Waals surface area contributed by atoms with Gasteiger partial charge in [-0.3, -0.25) is 4.79 Å². The van der Waals surface area contributed by atoms with E-state index in [0.29, 0.717) is 0 Å². The number of methoxy groups -OCH3 is 2. The van der Waals surface area contributed by atoms with Crippen LogP contribution in [0.2, 0.25) is 0 Å². The van der Waals surface area contributed by atoms with Gasteiger partial charge in [-0.05, 0) is 31.3 Å². The molecule has 4 nitrogen and oxygen atoms in total. The molecular formula is C12H16O4. The van der Waals surface area contributed by atoms with Gasteiger partial charge in [-0.2, -0.15) is 0 Å². The van der Waals surface area contributed by atoms with E-state index < -0.39 is 5.60 Å². The van der Waals surface area contributed by atoms with E-state index in [0.717, 1.165) is 31.3 Å². The molecular weight excluding hydrogens is 208 g/mol. The minimum absolute atomic E-state index is 0.136. The molecule has 0 aromatic heterocycles. The molecule has 0 saturated heterocycles. The molecule has 1 unspecified atom stereocenters. The molecule has 0 amide bonds. The van der Waals surface area contributed by atoms with E-state index in [1.54, 1.807) is 0 Å². The van der Waals surface area contributed by atoms with Crippen molar-refractivity contribution in [1.82, 2.24) is 0 Å². The van der Waals surface area contributed by atoms with E-state index >= 15 is 0 Å². The Morgan fingerprint density at radius 3 is 2.56 bits per heavy atom. The second kappa shape index (κ2) is 3.94. The summed E-state index contributed by atoms with van der Waals surface area (Å²) in [6, 6.07) is 0. The summed E-state index contributed by atoms with van der Waals surface area (Å²) in [7, 11) is 2.84. The highest BCUT2D eigenvalue weighted by Gasteiger charge is 2.58. The highest BCUT2D eigenvalue weighted by molar-refractivity contribution is 6.12.